The number of benzene rings is 1. The smallest absolute Gasteiger partial charge is 0.419 e. The van der Waals surface area contributed by atoms with E-state index >= 15 is 0 Å². The summed E-state index contributed by atoms with van der Waals surface area (Å²) in [6, 6.07) is 0.944. The topological polar surface area (TPSA) is 101 Å². The zero-order chi connectivity index (χ0) is 24.1. The third-order valence-electron chi connectivity index (χ3n) is 5.64. The molecule has 33 heavy (non-hydrogen) atoms. The molecule has 14 heteroatoms. The lowest BCUT2D eigenvalue weighted by Crippen LogP contribution is -2.50. The number of rotatable bonds is 3. The maximum atomic E-state index is 13.6. The molecule has 9 nitrogen and oxygen atoms in total. The highest BCUT2D eigenvalue weighted by atomic mass is 19.4. The Morgan fingerprint density at radius 2 is 1.91 bits per heavy atom. The molecule has 1 saturated heterocycles. The molecule has 0 radical (unpaired) electrons. The molecule has 3 heterocycles. The van der Waals surface area contributed by atoms with Crippen molar-refractivity contribution in [1.29, 1.82) is 0 Å². The lowest BCUT2D eigenvalue weighted by atomic mass is 10.1. The molecule has 1 aromatic heterocycles. The van der Waals surface area contributed by atoms with Gasteiger partial charge >= 0.3 is 18.0 Å². The molecule has 2 amide bonds. The first-order chi connectivity index (χ1) is 15.5. The number of alkyl halides is 4. The number of carbonyl (C=O) groups is 2. The molecule has 2 atom stereocenters. The van der Waals surface area contributed by atoms with Gasteiger partial charge in [0.2, 0.25) is 5.91 Å². The Morgan fingerprint density at radius 3 is 2.52 bits per heavy atom. The van der Waals surface area contributed by atoms with Crippen LogP contribution >= 0.6 is 0 Å². The lowest BCUT2D eigenvalue weighted by Gasteiger charge is -2.32. The van der Waals surface area contributed by atoms with Crippen LogP contribution in [0.15, 0.2) is 23.0 Å². The summed E-state index contributed by atoms with van der Waals surface area (Å²) in [5, 5.41) is 13.4. The summed E-state index contributed by atoms with van der Waals surface area (Å²) in [5.41, 5.74) is -2.42. The van der Waals surface area contributed by atoms with Crippen LogP contribution in [0.2, 0.25) is 0 Å². The van der Waals surface area contributed by atoms with Gasteiger partial charge < -0.3 is 10.0 Å². The number of hydrogen-bond donors (Lipinski definition) is 1. The number of carbonyl (C=O) groups excluding carboxylic acids is 1. The van der Waals surface area contributed by atoms with Crippen LogP contribution in [0.5, 0.6) is 0 Å². The first kappa shape index (κ1) is 22.7. The van der Waals surface area contributed by atoms with E-state index in [4.69, 9.17) is 0 Å². The second kappa shape index (κ2) is 8.15. The second-order valence-corrected chi connectivity index (χ2v) is 7.89. The monoisotopic (exact) mass is 475 g/mol. The minimum absolute atomic E-state index is 0.0703. The Hall–Kier alpha value is -3.45. The van der Waals surface area contributed by atoms with Crippen LogP contribution in [-0.4, -0.2) is 67.1 Å². The van der Waals surface area contributed by atoms with Crippen LogP contribution in [0.3, 0.4) is 0 Å². The molecule has 1 unspecified atom stereocenters. The van der Waals surface area contributed by atoms with Crippen molar-refractivity contribution in [2.75, 3.05) is 19.6 Å². The van der Waals surface area contributed by atoms with Gasteiger partial charge in [-0.15, -0.1) is 0 Å². The summed E-state index contributed by atoms with van der Waals surface area (Å²) in [6.07, 6.45) is -7.41. The zero-order valence-electron chi connectivity index (χ0n) is 16.9. The quantitative estimate of drug-likeness (QED) is 0.684. The highest BCUT2D eigenvalue weighted by Gasteiger charge is 2.40. The number of carboxylic acid groups (broad SMARTS) is 1. The van der Waals surface area contributed by atoms with Gasteiger partial charge in [-0.3, -0.25) is 14.3 Å². The minimum atomic E-state index is -4.94. The minimum Gasteiger partial charge on any atom is -0.465 e. The number of aromatic nitrogens is 3. The summed E-state index contributed by atoms with van der Waals surface area (Å²) in [6.45, 7) is -1.24. The molecular weight excluding hydrogens is 457 g/mol. The van der Waals surface area contributed by atoms with Gasteiger partial charge in [0.05, 0.1) is 31.7 Å². The summed E-state index contributed by atoms with van der Waals surface area (Å²) < 4.78 is 67.9. The zero-order valence-corrected chi connectivity index (χ0v) is 16.9. The predicted octanol–water partition coefficient (Wildman–Crippen LogP) is 1.86. The summed E-state index contributed by atoms with van der Waals surface area (Å²) in [7, 11) is 0. The van der Waals surface area contributed by atoms with E-state index in [0.29, 0.717) is 12.1 Å². The molecule has 0 bridgehead atoms. The van der Waals surface area contributed by atoms with Crippen molar-refractivity contribution in [3.63, 3.8) is 0 Å². The van der Waals surface area contributed by atoms with E-state index in [9.17, 15) is 41.4 Å². The largest absolute Gasteiger partial charge is 0.465 e. The van der Waals surface area contributed by atoms with E-state index in [1.807, 2.05) is 0 Å². The van der Waals surface area contributed by atoms with Crippen molar-refractivity contribution in [1.82, 2.24) is 24.1 Å². The fourth-order valence-electron chi connectivity index (χ4n) is 4.04. The molecule has 178 valence electrons. The molecule has 0 spiro atoms. The summed E-state index contributed by atoms with van der Waals surface area (Å²) in [4.78, 5) is 39.6. The third-order valence-corrected chi connectivity index (χ3v) is 5.64. The third kappa shape index (κ3) is 4.28. The molecule has 4 rings (SSSR count). The van der Waals surface area contributed by atoms with Crippen molar-refractivity contribution in [3.05, 3.63) is 51.5 Å². The Bertz CT molecular complexity index is 1160. The molecule has 0 saturated carbocycles. The van der Waals surface area contributed by atoms with E-state index < -0.39 is 54.0 Å². The summed E-state index contributed by atoms with van der Waals surface area (Å²) in [5.74, 6) is -2.20. The van der Waals surface area contributed by atoms with E-state index in [1.54, 1.807) is 0 Å². The number of hydrogen-bond acceptors (Lipinski definition) is 4. The van der Waals surface area contributed by atoms with Gasteiger partial charge in [-0.05, 0) is 24.1 Å². The Kier molecular flexibility index (Phi) is 5.62. The van der Waals surface area contributed by atoms with Crippen molar-refractivity contribution in [2.45, 2.75) is 37.9 Å². The van der Waals surface area contributed by atoms with E-state index in [1.165, 1.54) is 4.90 Å². The van der Waals surface area contributed by atoms with Crippen molar-refractivity contribution >= 4 is 12.0 Å². The maximum Gasteiger partial charge on any atom is 0.419 e. The maximum absolute atomic E-state index is 13.6. The Balaban J connectivity index is 1.70. The molecule has 0 aliphatic carbocycles. The fraction of sp³-hybridized carbons (Fsp3) is 0.474. The average Bonchev–Trinajstić information content (AvgIpc) is 3.31. The Morgan fingerprint density at radius 1 is 1.18 bits per heavy atom. The van der Waals surface area contributed by atoms with Gasteiger partial charge in [0, 0.05) is 6.54 Å². The average molecular weight is 475 g/mol. The highest BCUT2D eigenvalue weighted by Crippen LogP contribution is 2.32. The van der Waals surface area contributed by atoms with E-state index in [2.05, 4.69) is 5.10 Å². The van der Waals surface area contributed by atoms with E-state index in [0.717, 1.165) is 20.2 Å². The van der Waals surface area contributed by atoms with Crippen LogP contribution in [0.4, 0.5) is 26.7 Å². The number of likely N-dealkylation sites (tertiary alicyclic amines) is 1. The van der Waals surface area contributed by atoms with Crippen molar-refractivity contribution in [3.8, 4) is 0 Å². The van der Waals surface area contributed by atoms with Gasteiger partial charge in [0.15, 0.2) is 5.82 Å². The standard InChI is InChI=1S/C19H18F5N5O4/c20-11-3-4-26(7-11)16(30)14-8-27(18(32)33)9-15-25-28(17(31)29(14)15)6-10-1-2-13(21)12(5-10)19(22,23)24/h1-2,5,11,14H,3-4,6-9H2,(H,32,33)/t11-,14?/m0/s1. The van der Waals surface area contributed by atoms with Gasteiger partial charge in [0.1, 0.15) is 18.0 Å². The number of fused-ring (bicyclic) bond motifs is 1. The van der Waals surface area contributed by atoms with Crippen LogP contribution in [0, 0.1) is 5.82 Å². The summed E-state index contributed by atoms with van der Waals surface area (Å²) >= 11 is 0. The van der Waals surface area contributed by atoms with Gasteiger partial charge in [-0.25, -0.2) is 23.1 Å². The van der Waals surface area contributed by atoms with Crippen LogP contribution in [0.25, 0.3) is 0 Å². The molecule has 1 aromatic carbocycles. The molecule has 1 fully saturated rings. The van der Waals surface area contributed by atoms with Gasteiger partial charge in [0.25, 0.3) is 0 Å². The first-order valence-electron chi connectivity index (χ1n) is 9.90. The fourth-order valence-corrected chi connectivity index (χ4v) is 4.04. The van der Waals surface area contributed by atoms with Gasteiger partial charge in [-0.1, -0.05) is 6.07 Å². The predicted molar refractivity (Wildman–Crippen MR) is 101 cm³/mol. The normalized spacial score (nSPS) is 20.8. The van der Waals surface area contributed by atoms with Crippen molar-refractivity contribution < 1.29 is 36.6 Å². The van der Waals surface area contributed by atoms with Gasteiger partial charge in [-0.2, -0.15) is 18.3 Å². The molecule has 2 aliphatic heterocycles. The number of nitrogens with zero attached hydrogens (tertiary/aromatic N) is 5. The Labute approximate surface area is 182 Å². The molecule has 2 aliphatic rings. The second-order valence-electron chi connectivity index (χ2n) is 7.89. The SMILES string of the molecule is O=C(O)N1Cc2nn(Cc3ccc(F)c(C(F)(F)F)c3)c(=O)n2C(C(=O)N2CC[C@H](F)C2)C1. The first-order valence-corrected chi connectivity index (χ1v) is 9.90. The lowest BCUT2D eigenvalue weighted by molar-refractivity contribution is -0.140. The highest BCUT2D eigenvalue weighted by molar-refractivity contribution is 5.82. The van der Waals surface area contributed by atoms with E-state index in [-0.39, 0.29) is 44.0 Å². The van der Waals surface area contributed by atoms with Crippen LogP contribution in [0.1, 0.15) is 29.4 Å². The number of halogens is 5. The van der Waals surface area contributed by atoms with Crippen molar-refractivity contribution in [2.24, 2.45) is 0 Å². The molecule has 1 N–H and O–H groups in total. The number of amides is 2. The van der Waals surface area contributed by atoms with Crippen LogP contribution in [-0.2, 0) is 24.1 Å². The molecular formula is C19H18F5N5O4. The molecule has 2 aromatic rings. The van der Waals surface area contributed by atoms with Crippen LogP contribution < -0.4 is 5.69 Å².